The molecule has 0 N–H and O–H groups in total. The van der Waals surface area contributed by atoms with Crippen LogP contribution >= 0.6 is 11.3 Å². The molecule has 0 spiro atoms. The SMILES string of the molecule is c1ccc(-c2cccc3c4ccccc4n(-c4ccccc4-c4ccc(-c5ccc6sc7ccccc7c6c5)cc4)c23)cc1. The highest BCUT2D eigenvalue weighted by atomic mass is 32.1. The summed E-state index contributed by atoms with van der Waals surface area (Å²) in [6, 6.07) is 59.7. The third-order valence-electron chi connectivity index (χ3n) is 8.83. The predicted molar refractivity (Wildman–Crippen MR) is 190 cm³/mol. The lowest BCUT2D eigenvalue weighted by Crippen LogP contribution is -1.98. The van der Waals surface area contributed by atoms with Crippen molar-refractivity contribution < 1.29 is 0 Å². The number of fused-ring (bicyclic) bond motifs is 6. The Morgan fingerprint density at radius 2 is 0.977 bits per heavy atom. The molecule has 0 saturated carbocycles. The van der Waals surface area contributed by atoms with Crippen molar-refractivity contribution in [1.82, 2.24) is 4.57 Å². The van der Waals surface area contributed by atoms with E-state index in [1.54, 1.807) is 0 Å². The van der Waals surface area contributed by atoms with Crippen LogP contribution in [-0.2, 0) is 0 Å². The molecule has 9 aromatic rings. The zero-order valence-electron chi connectivity index (χ0n) is 23.9. The van der Waals surface area contributed by atoms with Gasteiger partial charge < -0.3 is 4.57 Å². The molecule has 0 bridgehead atoms. The first kappa shape index (κ1) is 25.1. The van der Waals surface area contributed by atoms with E-state index >= 15 is 0 Å². The fraction of sp³-hybridized carbons (Fsp3) is 0. The van der Waals surface area contributed by atoms with Crippen molar-refractivity contribution in [3.05, 3.63) is 164 Å². The van der Waals surface area contributed by atoms with Crippen LogP contribution in [0.2, 0.25) is 0 Å². The second-order valence-electron chi connectivity index (χ2n) is 11.3. The summed E-state index contributed by atoms with van der Waals surface area (Å²) in [5.74, 6) is 0. The Kier molecular flexibility index (Phi) is 5.75. The minimum Gasteiger partial charge on any atom is -0.308 e. The summed E-state index contributed by atoms with van der Waals surface area (Å²) < 4.78 is 5.14. The van der Waals surface area contributed by atoms with Crippen molar-refractivity contribution in [3.63, 3.8) is 0 Å². The van der Waals surface area contributed by atoms with Crippen LogP contribution in [0.25, 0.3) is 81.0 Å². The summed E-state index contributed by atoms with van der Waals surface area (Å²) in [6.07, 6.45) is 0. The van der Waals surface area contributed by atoms with Gasteiger partial charge in [-0.15, -0.1) is 11.3 Å². The highest BCUT2D eigenvalue weighted by Crippen LogP contribution is 2.41. The highest BCUT2D eigenvalue weighted by Gasteiger charge is 2.18. The van der Waals surface area contributed by atoms with Gasteiger partial charge in [-0.05, 0) is 52.6 Å². The third kappa shape index (κ3) is 3.92. The molecule has 2 aromatic heterocycles. The molecule has 0 aliphatic heterocycles. The number of benzene rings is 7. The van der Waals surface area contributed by atoms with E-state index in [9.17, 15) is 0 Å². The molecular weight excluding hydrogens is 551 g/mol. The van der Waals surface area contributed by atoms with E-state index in [0.717, 1.165) is 0 Å². The number of hydrogen-bond donors (Lipinski definition) is 0. The monoisotopic (exact) mass is 577 g/mol. The zero-order chi connectivity index (χ0) is 29.0. The lowest BCUT2D eigenvalue weighted by molar-refractivity contribution is 1.18. The molecule has 0 fully saturated rings. The fourth-order valence-electron chi connectivity index (χ4n) is 6.78. The van der Waals surface area contributed by atoms with E-state index in [1.165, 1.54) is 81.0 Å². The van der Waals surface area contributed by atoms with Gasteiger partial charge in [0, 0.05) is 42.1 Å². The standard InChI is InChI=1S/C42H27NS/c1-2-11-29(12-3-1)33-16-10-17-36-34-14-5-8-19-39(34)43(42(33)36)38-18-7-4-13-32(38)30-23-21-28(22-24-30)31-25-26-41-37(27-31)35-15-6-9-20-40(35)44-41/h1-27H. The van der Waals surface area contributed by atoms with Crippen LogP contribution in [0.1, 0.15) is 0 Å². The number of thiophene rings is 1. The topological polar surface area (TPSA) is 4.93 Å². The maximum absolute atomic E-state index is 2.46. The normalized spacial score (nSPS) is 11.6. The first-order chi connectivity index (χ1) is 21.8. The van der Waals surface area contributed by atoms with Gasteiger partial charge in [0.15, 0.2) is 0 Å². The van der Waals surface area contributed by atoms with E-state index in [4.69, 9.17) is 0 Å². The molecule has 0 amide bonds. The van der Waals surface area contributed by atoms with E-state index < -0.39 is 0 Å². The molecule has 0 saturated heterocycles. The van der Waals surface area contributed by atoms with Gasteiger partial charge in [-0.2, -0.15) is 0 Å². The molecule has 1 nitrogen and oxygen atoms in total. The summed E-state index contributed by atoms with van der Waals surface area (Å²) in [6.45, 7) is 0. The Bertz CT molecular complexity index is 2480. The first-order valence-corrected chi connectivity index (χ1v) is 15.8. The van der Waals surface area contributed by atoms with Gasteiger partial charge in [0.1, 0.15) is 0 Å². The zero-order valence-corrected chi connectivity index (χ0v) is 24.8. The Morgan fingerprint density at radius 1 is 0.364 bits per heavy atom. The molecule has 2 heteroatoms. The van der Waals surface area contributed by atoms with Crippen molar-refractivity contribution in [3.8, 4) is 39.1 Å². The van der Waals surface area contributed by atoms with Crippen LogP contribution in [-0.4, -0.2) is 4.57 Å². The maximum atomic E-state index is 2.46. The smallest absolute Gasteiger partial charge is 0.0619 e. The summed E-state index contributed by atoms with van der Waals surface area (Å²) in [7, 11) is 0. The molecular formula is C42H27NS. The second-order valence-corrected chi connectivity index (χ2v) is 12.4. The molecule has 0 aliphatic rings. The van der Waals surface area contributed by atoms with Crippen molar-refractivity contribution in [1.29, 1.82) is 0 Å². The molecule has 0 unspecified atom stereocenters. The molecule has 0 aliphatic carbocycles. The number of aromatic nitrogens is 1. The first-order valence-electron chi connectivity index (χ1n) is 15.0. The number of hydrogen-bond acceptors (Lipinski definition) is 1. The molecule has 206 valence electrons. The fourth-order valence-corrected chi connectivity index (χ4v) is 7.87. The molecule has 44 heavy (non-hydrogen) atoms. The average molecular weight is 578 g/mol. The third-order valence-corrected chi connectivity index (χ3v) is 9.98. The second kappa shape index (κ2) is 10.1. The maximum Gasteiger partial charge on any atom is 0.0619 e. The number of nitrogens with zero attached hydrogens (tertiary/aromatic N) is 1. The van der Waals surface area contributed by atoms with Crippen molar-refractivity contribution >= 4 is 53.3 Å². The van der Waals surface area contributed by atoms with Crippen molar-refractivity contribution in [2.24, 2.45) is 0 Å². The van der Waals surface area contributed by atoms with Gasteiger partial charge in [-0.25, -0.2) is 0 Å². The lowest BCUT2D eigenvalue weighted by Gasteiger charge is -2.16. The summed E-state index contributed by atoms with van der Waals surface area (Å²) in [5.41, 5.74) is 11.0. The van der Waals surface area contributed by atoms with Gasteiger partial charge in [0.25, 0.3) is 0 Å². The Morgan fingerprint density at radius 3 is 1.86 bits per heavy atom. The summed E-state index contributed by atoms with van der Waals surface area (Å²) in [4.78, 5) is 0. The molecule has 9 rings (SSSR count). The van der Waals surface area contributed by atoms with Crippen molar-refractivity contribution in [2.75, 3.05) is 0 Å². The van der Waals surface area contributed by atoms with Crippen LogP contribution < -0.4 is 0 Å². The summed E-state index contributed by atoms with van der Waals surface area (Å²) >= 11 is 1.86. The van der Waals surface area contributed by atoms with Gasteiger partial charge in [0.2, 0.25) is 0 Å². The van der Waals surface area contributed by atoms with Crippen LogP contribution in [0.4, 0.5) is 0 Å². The van der Waals surface area contributed by atoms with Gasteiger partial charge in [-0.1, -0.05) is 133 Å². The molecule has 0 atom stereocenters. The molecule has 7 aromatic carbocycles. The number of rotatable bonds is 4. The van der Waals surface area contributed by atoms with E-state index in [1.807, 2.05) is 11.3 Å². The van der Waals surface area contributed by atoms with Crippen LogP contribution in [0, 0.1) is 0 Å². The Hall–Kier alpha value is -5.44. The van der Waals surface area contributed by atoms with Crippen LogP contribution in [0.3, 0.4) is 0 Å². The van der Waals surface area contributed by atoms with E-state index in [-0.39, 0.29) is 0 Å². The molecule has 0 radical (unpaired) electrons. The van der Waals surface area contributed by atoms with Crippen LogP contribution in [0.15, 0.2) is 164 Å². The highest BCUT2D eigenvalue weighted by molar-refractivity contribution is 7.25. The quantitative estimate of drug-likeness (QED) is 0.196. The van der Waals surface area contributed by atoms with E-state index in [0.29, 0.717) is 0 Å². The van der Waals surface area contributed by atoms with Gasteiger partial charge in [-0.3, -0.25) is 0 Å². The van der Waals surface area contributed by atoms with Gasteiger partial charge >= 0.3 is 0 Å². The Balaban J connectivity index is 1.21. The van der Waals surface area contributed by atoms with Gasteiger partial charge in [0.05, 0.1) is 16.7 Å². The molecule has 2 heterocycles. The summed E-state index contributed by atoms with van der Waals surface area (Å²) in [5, 5.41) is 5.20. The number of para-hydroxylation sites is 3. The average Bonchev–Trinajstić information content (AvgIpc) is 3.64. The predicted octanol–water partition coefficient (Wildman–Crippen LogP) is 12.2. The minimum absolute atomic E-state index is 1.18. The minimum atomic E-state index is 1.18. The van der Waals surface area contributed by atoms with E-state index in [2.05, 4.69) is 168 Å². The van der Waals surface area contributed by atoms with Crippen LogP contribution in [0.5, 0.6) is 0 Å². The lowest BCUT2D eigenvalue weighted by atomic mass is 9.98. The largest absolute Gasteiger partial charge is 0.308 e. The van der Waals surface area contributed by atoms with Crippen molar-refractivity contribution in [2.45, 2.75) is 0 Å². The Labute approximate surface area is 259 Å².